The molecule has 3 N–H and O–H groups in total. The minimum Gasteiger partial charge on any atom is -0.493 e. The van der Waals surface area contributed by atoms with Crippen molar-refractivity contribution in [2.45, 2.75) is 0 Å². The minimum atomic E-state index is -0.134. The first-order valence-corrected chi connectivity index (χ1v) is 11.3. The minimum absolute atomic E-state index is 0.134. The third-order valence-corrected chi connectivity index (χ3v) is 6.06. The monoisotopic (exact) mass is 479 g/mol. The molecule has 0 radical (unpaired) electrons. The van der Waals surface area contributed by atoms with Crippen LogP contribution in [0.5, 0.6) is 17.2 Å². The lowest BCUT2D eigenvalue weighted by molar-refractivity contribution is 0.104. The van der Waals surface area contributed by atoms with E-state index in [1.807, 2.05) is 36.4 Å². The number of methoxy groups -OCH3 is 3. The van der Waals surface area contributed by atoms with Crippen molar-refractivity contribution in [3.63, 3.8) is 0 Å². The van der Waals surface area contributed by atoms with Crippen LogP contribution in [0.15, 0.2) is 72.8 Å². The quantitative estimate of drug-likeness (QED) is 0.172. The summed E-state index contributed by atoms with van der Waals surface area (Å²) in [6.45, 7) is 0. The van der Waals surface area contributed by atoms with Gasteiger partial charge in [-0.05, 0) is 60.7 Å². The van der Waals surface area contributed by atoms with Gasteiger partial charge in [0.25, 0.3) is 0 Å². The number of para-hydroxylation sites is 1. The summed E-state index contributed by atoms with van der Waals surface area (Å²) in [6, 6.07) is 20.6. The van der Waals surface area contributed by atoms with Crippen LogP contribution in [0.1, 0.15) is 16.1 Å². The molecule has 5 aromatic rings. The number of rotatable bonds is 7. The number of allylic oxidation sites excluding steroid dienone is 1. The van der Waals surface area contributed by atoms with Gasteiger partial charge in [-0.1, -0.05) is 18.2 Å². The largest absolute Gasteiger partial charge is 0.493 e. The predicted molar refractivity (Wildman–Crippen MR) is 143 cm³/mol. The summed E-state index contributed by atoms with van der Waals surface area (Å²) in [4.78, 5) is 21.1. The van der Waals surface area contributed by atoms with E-state index in [-0.39, 0.29) is 5.78 Å². The number of nitrogens with zero attached hydrogens (tertiary/aromatic N) is 1. The van der Waals surface area contributed by atoms with Crippen molar-refractivity contribution in [3.05, 3.63) is 84.1 Å². The molecule has 0 aliphatic rings. The average Bonchev–Trinajstić information content (AvgIpc) is 3.29. The summed E-state index contributed by atoms with van der Waals surface area (Å²) >= 11 is 0. The Kier molecular flexibility index (Phi) is 6.04. The van der Waals surface area contributed by atoms with Gasteiger partial charge >= 0.3 is 0 Å². The van der Waals surface area contributed by atoms with Gasteiger partial charge < -0.3 is 24.9 Å². The number of nitrogen functional groups attached to an aromatic ring is 1. The van der Waals surface area contributed by atoms with E-state index in [0.717, 1.165) is 27.4 Å². The van der Waals surface area contributed by atoms with Crippen molar-refractivity contribution in [1.29, 1.82) is 0 Å². The van der Waals surface area contributed by atoms with Gasteiger partial charge in [-0.3, -0.25) is 4.79 Å². The SMILES string of the molecule is COc1cc(-c2nc(/C=C/C(=O)c3ccc(N)cc3)cc3c2[nH]c2ccccc23)cc(OC)c1OC. The second-order valence-electron chi connectivity index (χ2n) is 8.22. The number of hydrogen-bond acceptors (Lipinski definition) is 6. The standard InChI is InChI=1S/C29H25N3O4/c1-34-25-14-18(15-26(35-2)29(25)36-3)27-28-22(21-6-4-5-7-23(21)32-28)16-20(31-27)12-13-24(33)17-8-10-19(30)11-9-17/h4-16,32H,30H2,1-3H3/b13-12+. The summed E-state index contributed by atoms with van der Waals surface area (Å²) < 4.78 is 16.6. The molecule has 0 saturated carbocycles. The Hall–Kier alpha value is -4.78. The number of ketones is 1. The highest BCUT2D eigenvalue weighted by Crippen LogP contribution is 2.42. The number of H-pyrrole nitrogens is 1. The molecule has 36 heavy (non-hydrogen) atoms. The van der Waals surface area contributed by atoms with E-state index in [1.54, 1.807) is 51.7 Å². The van der Waals surface area contributed by atoms with Gasteiger partial charge in [0.05, 0.1) is 38.2 Å². The van der Waals surface area contributed by atoms with E-state index in [9.17, 15) is 4.79 Å². The van der Waals surface area contributed by atoms with E-state index in [0.29, 0.717) is 39.9 Å². The Morgan fingerprint density at radius 1 is 0.889 bits per heavy atom. The normalized spacial score (nSPS) is 11.3. The number of ether oxygens (including phenoxy) is 3. The van der Waals surface area contributed by atoms with E-state index >= 15 is 0 Å². The molecule has 0 unspecified atom stereocenters. The Morgan fingerprint density at radius 3 is 2.25 bits per heavy atom. The fourth-order valence-corrected chi connectivity index (χ4v) is 4.28. The van der Waals surface area contributed by atoms with Crippen molar-refractivity contribution >= 4 is 39.4 Å². The first-order chi connectivity index (χ1) is 17.5. The Morgan fingerprint density at radius 2 is 1.58 bits per heavy atom. The molecule has 7 heteroatoms. The number of nitrogens with one attached hydrogen (secondary N) is 1. The highest BCUT2D eigenvalue weighted by Gasteiger charge is 2.18. The molecule has 7 nitrogen and oxygen atoms in total. The lowest BCUT2D eigenvalue weighted by Crippen LogP contribution is -1.97. The predicted octanol–water partition coefficient (Wildman–Crippen LogP) is 5.89. The van der Waals surface area contributed by atoms with Gasteiger partial charge in [0.15, 0.2) is 17.3 Å². The molecule has 5 rings (SSSR count). The van der Waals surface area contributed by atoms with Crippen molar-refractivity contribution < 1.29 is 19.0 Å². The Labute approximate surface area is 208 Å². The van der Waals surface area contributed by atoms with E-state index < -0.39 is 0 Å². The number of nitrogens with two attached hydrogens (primary N) is 1. The van der Waals surface area contributed by atoms with Gasteiger partial charge in [-0.25, -0.2) is 4.98 Å². The topological polar surface area (TPSA) is 99.5 Å². The number of anilines is 1. The number of aromatic amines is 1. The molecule has 0 aliphatic carbocycles. The third kappa shape index (κ3) is 4.11. The molecule has 0 atom stereocenters. The van der Waals surface area contributed by atoms with Gasteiger partial charge in [0.1, 0.15) is 0 Å². The second kappa shape index (κ2) is 9.46. The molecular formula is C29H25N3O4. The zero-order chi connectivity index (χ0) is 25.2. The van der Waals surface area contributed by atoms with Crippen LogP contribution in [-0.4, -0.2) is 37.1 Å². The summed E-state index contributed by atoms with van der Waals surface area (Å²) in [7, 11) is 4.72. The average molecular weight is 480 g/mol. The van der Waals surface area contributed by atoms with Gasteiger partial charge in [0, 0.05) is 33.1 Å². The number of pyridine rings is 1. The summed E-state index contributed by atoms with van der Waals surface area (Å²) in [5, 5.41) is 2.05. The molecule has 0 amide bonds. The highest BCUT2D eigenvalue weighted by atomic mass is 16.5. The van der Waals surface area contributed by atoms with Crippen LogP contribution < -0.4 is 19.9 Å². The first kappa shape index (κ1) is 23.0. The van der Waals surface area contributed by atoms with Crippen LogP contribution in [0.2, 0.25) is 0 Å². The number of carbonyl (C=O) groups excluding carboxylic acids is 1. The maximum atomic E-state index is 12.7. The highest BCUT2D eigenvalue weighted by molar-refractivity contribution is 6.12. The first-order valence-electron chi connectivity index (χ1n) is 11.3. The molecule has 0 spiro atoms. The molecule has 0 aliphatic heterocycles. The number of hydrogen-bond donors (Lipinski definition) is 2. The third-order valence-electron chi connectivity index (χ3n) is 6.06. The fraction of sp³-hybridized carbons (Fsp3) is 0.103. The van der Waals surface area contributed by atoms with Crippen LogP contribution in [0, 0.1) is 0 Å². The second-order valence-corrected chi connectivity index (χ2v) is 8.22. The fourth-order valence-electron chi connectivity index (χ4n) is 4.28. The summed E-state index contributed by atoms with van der Waals surface area (Å²) in [5.41, 5.74) is 10.9. The van der Waals surface area contributed by atoms with Crippen LogP contribution >= 0.6 is 0 Å². The summed E-state index contributed by atoms with van der Waals surface area (Å²) in [5.74, 6) is 1.42. The molecule has 0 bridgehead atoms. The van der Waals surface area contributed by atoms with Crippen LogP contribution in [0.25, 0.3) is 39.1 Å². The molecule has 2 heterocycles. The number of carbonyl (C=O) groups is 1. The Bertz CT molecular complexity index is 1590. The van der Waals surface area contributed by atoms with Gasteiger partial charge in [-0.2, -0.15) is 0 Å². The summed E-state index contributed by atoms with van der Waals surface area (Å²) in [6.07, 6.45) is 3.24. The van der Waals surface area contributed by atoms with Crippen LogP contribution in [0.4, 0.5) is 5.69 Å². The molecule has 180 valence electrons. The van der Waals surface area contributed by atoms with E-state index in [2.05, 4.69) is 11.1 Å². The van der Waals surface area contributed by atoms with Crippen molar-refractivity contribution in [1.82, 2.24) is 9.97 Å². The van der Waals surface area contributed by atoms with Crippen LogP contribution in [0.3, 0.4) is 0 Å². The van der Waals surface area contributed by atoms with Crippen LogP contribution in [-0.2, 0) is 0 Å². The molecule has 2 aromatic heterocycles. The van der Waals surface area contributed by atoms with Crippen molar-refractivity contribution in [2.24, 2.45) is 0 Å². The van der Waals surface area contributed by atoms with Crippen molar-refractivity contribution in [3.8, 4) is 28.5 Å². The van der Waals surface area contributed by atoms with E-state index in [1.165, 1.54) is 6.08 Å². The maximum absolute atomic E-state index is 12.7. The van der Waals surface area contributed by atoms with Gasteiger partial charge in [0.2, 0.25) is 5.75 Å². The number of benzene rings is 3. The zero-order valence-corrected chi connectivity index (χ0v) is 20.2. The zero-order valence-electron chi connectivity index (χ0n) is 20.2. The van der Waals surface area contributed by atoms with Gasteiger partial charge in [-0.15, -0.1) is 0 Å². The molecule has 0 fully saturated rings. The molecule has 0 saturated heterocycles. The number of fused-ring (bicyclic) bond motifs is 3. The number of aromatic nitrogens is 2. The van der Waals surface area contributed by atoms with E-state index in [4.69, 9.17) is 24.9 Å². The lowest BCUT2D eigenvalue weighted by Gasteiger charge is -2.14. The maximum Gasteiger partial charge on any atom is 0.203 e. The van der Waals surface area contributed by atoms with Crippen molar-refractivity contribution in [2.75, 3.05) is 27.1 Å². The molecular weight excluding hydrogens is 454 g/mol. The lowest BCUT2D eigenvalue weighted by atomic mass is 10.0. The molecule has 3 aromatic carbocycles. The Balaban J connectivity index is 1.69. The smallest absolute Gasteiger partial charge is 0.203 e.